The molecule has 2 rings (SSSR count). The van der Waals surface area contributed by atoms with Crippen LogP contribution in [-0.2, 0) is 4.79 Å². The van der Waals surface area contributed by atoms with Crippen LogP contribution in [0.15, 0.2) is 12.1 Å². The van der Waals surface area contributed by atoms with Crippen molar-refractivity contribution in [3.63, 3.8) is 0 Å². The lowest BCUT2D eigenvalue weighted by atomic mass is 9.97. The van der Waals surface area contributed by atoms with Crippen LogP contribution >= 0.6 is 0 Å². The van der Waals surface area contributed by atoms with Gasteiger partial charge in [0.05, 0.1) is 11.6 Å². The standard InChI is InChI=1S/C13H16F2N2O2/c1-17(2)12-9(15)4-3-8(14)11(12)10-5-7(6-16-10)13(18)19/h3-4,7,10,16H,5-6H2,1-2H3,(H,18,19). The number of hydrogen-bond donors (Lipinski definition) is 2. The molecule has 19 heavy (non-hydrogen) atoms. The summed E-state index contributed by atoms with van der Waals surface area (Å²) in [6.07, 6.45) is 0.260. The van der Waals surface area contributed by atoms with Gasteiger partial charge < -0.3 is 15.3 Å². The minimum Gasteiger partial charge on any atom is -0.481 e. The SMILES string of the molecule is CN(C)c1c(F)ccc(F)c1C1CC(C(=O)O)CN1. The van der Waals surface area contributed by atoms with Gasteiger partial charge >= 0.3 is 5.97 Å². The quantitative estimate of drug-likeness (QED) is 0.879. The van der Waals surface area contributed by atoms with E-state index in [4.69, 9.17) is 5.11 Å². The number of rotatable bonds is 3. The summed E-state index contributed by atoms with van der Waals surface area (Å²) in [5, 5.41) is 11.9. The molecule has 1 fully saturated rings. The Balaban J connectivity index is 2.40. The number of carboxylic acid groups (broad SMARTS) is 1. The van der Waals surface area contributed by atoms with Crippen molar-refractivity contribution >= 4 is 11.7 Å². The van der Waals surface area contributed by atoms with Crippen molar-refractivity contribution in [1.82, 2.24) is 5.32 Å². The molecule has 1 saturated heterocycles. The number of carbonyl (C=O) groups is 1. The van der Waals surface area contributed by atoms with Gasteiger partial charge in [0.1, 0.15) is 11.6 Å². The zero-order valence-electron chi connectivity index (χ0n) is 10.8. The van der Waals surface area contributed by atoms with E-state index in [0.29, 0.717) is 0 Å². The molecule has 2 atom stereocenters. The largest absolute Gasteiger partial charge is 0.481 e. The van der Waals surface area contributed by atoms with Gasteiger partial charge in [-0.2, -0.15) is 0 Å². The van der Waals surface area contributed by atoms with Crippen LogP contribution < -0.4 is 10.2 Å². The van der Waals surface area contributed by atoms with E-state index in [0.717, 1.165) is 12.1 Å². The van der Waals surface area contributed by atoms with Gasteiger partial charge in [-0.15, -0.1) is 0 Å². The van der Waals surface area contributed by atoms with Gasteiger partial charge in [0.15, 0.2) is 0 Å². The van der Waals surface area contributed by atoms with E-state index in [1.807, 2.05) is 0 Å². The first kappa shape index (κ1) is 13.7. The molecule has 104 valence electrons. The Hall–Kier alpha value is -1.69. The van der Waals surface area contributed by atoms with Gasteiger partial charge in [-0.1, -0.05) is 0 Å². The predicted molar refractivity (Wildman–Crippen MR) is 67.2 cm³/mol. The number of benzene rings is 1. The summed E-state index contributed by atoms with van der Waals surface area (Å²) in [6.45, 7) is 0.267. The molecule has 1 aliphatic heterocycles. The van der Waals surface area contributed by atoms with E-state index < -0.39 is 29.6 Å². The molecular formula is C13H16F2N2O2. The highest BCUT2D eigenvalue weighted by Gasteiger charge is 2.34. The van der Waals surface area contributed by atoms with Gasteiger partial charge in [0.2, 0.25) is 0 Å². The molecular weight excluding hydrogens is 254 g/mol. The molecule has 1 aromatic rings. The van der Waals surface area contributed by atoms with Crippen molar-refractivity contribution in [3.05, 3.63) is 29.3 Å². The van der Waals surface area contributed by atoms with Crippen molar-refractivity contribution in [2.75, 3.05) is 25.5 Å². The number of aliphatic carboxylic acids is 1. The van der Waals surface area contributed by atoms with E-state index in [-0.39, 0.29) is 24.2 Å². The molecule has 1 aromatic carbocycles. The first-order valence-electron chi connectivity index (χ1n) is 6.03. The molecule has 2 unspecified atom stereocenters. The molecule has 1 heterocycles. The minimum atomic E-state index is -0.918. The van der Waals surface area contributed by atoms with Gasteiger partial charge in [-0.3, -0.25) is 4.79 Å². The maximum atomic E-state index is 14.0. The molecule has 1 aliphatic rings. The highest BCUT2D eigenvalue weighted by atomic mass is 19.1. The van der Waals surface area contributed by atoms with Crippen molar-refractivity contribution < 1.29 is 18.7 Å². The fourth-order valence-corrected chi connectivity index (χ4v) is 2.49. The fourth-order valence-electron chi connectivity index (χ4n) is 2.49. The average molecular weight is 270 g/mol. The van der Waals surface area contributed by atoms with Gasteiger partial charge in [0.25, 0.3) is 0 Å². The maximum Gasteiger partial charge on any atom is 0.307 e. The summed E-state index contributed by atoms with van der Waals surface area (Å²) in [5.41, 5.74) is 0.372. The number of nitrogens with zero attached hydrogens (tertiary/aromatic N) is 1. The van der Waals surface area contributed by atoms with E-state index in [2.05, 4.69) is 5.32 Å². The second-order valence-corrected chi connectivity index (χ2v) is 4.92. The summed E-state index contributed by atoms with van der Waals surface area (Å²) in [5.74, 6) is -2.52. The Morgan fingerprint density at radius 1 is 1.37 bits per heavy atom. The molecule has 2 N–H and O–H groups in total. The fraction of sp³-hybridized carbons (Fsp3) is 0.462. The zero-order chi connectivity index (χ0) is 14.2. The Kier molecular flexibility index (Phi) is 3.71. The predicted octanol–water partition coefficient (Wildman–Crippen LogP) is 1.77. The second-order valence-electron chi connectivity index (χ2n) is 4.92. The lowest BCUT2D eigenvalue weighted by Gasteiger charge is -2.22. The summed E-state index contributed by atoms with van der Waals surface area (Å²) in [4.78, 5) is 12.4. The lowest BCUT2D eigenvalue weighted by molar-refractivity contribution is -0.141. The van der Waals surface area contributed by atoms with Crippen LogP contribution in [-0.4, -0.2) is 31.7 Å². The molecule has 6 heteroatoms. The Labute approximate surface area is 110 Å². The maximum absolute atomic E-state index is 14.0. The van der Waals surface area contributed by atoms with Crippen LogP contribution in [0.25, 0.3) is 0 Å². The monoisotopic (exact) mass is 270 g/mol. The highest BCUT2D eigenvalue weighted by molar-refractivity contribution is 5.71. The number of carboxylic acids is 1. The van der Waals surface area contributed by atoms with Crippen LogP contribution in [0.4, 0.5) is 14.5 Å². The van der Waals surface area contributed by atoms with Gasteiger partial charge in [-0.25, -0.2) is 8.78 Å². The van der Waals surface area contributed by atoms with E-state index >= 15 is 0 Å². The third kappa shape index (κ3) is 2.53. The molecule has 0 aromatic heterocycles. The Bertz CT molecular complexity index is 506. The van der Waals surface area contributed by atoms with E-state index in [1.165, 1.54) is 4.90 Å². The van der Waals surface area contributed by atoms with Crippen molar-refractivity contribution in [3.8, 4) is 0 Å². The van der Waals surface area contributed by atoms with Crippen molar-refractivity contribution in [2.45, 2.75) is 12.5 Å². The van der Waals surface area contributed by atoms with Crippen molar-refractivity contribution in [2.24, 2.45) is 5.92 Å². The minimum absolute atomic E-state index is 0.170. The average Bonchev–Trinajstić information content (AvgIpc) is 2.80. The summed E-state index contributed by atoms with van der Waals surface area (Å²) >= 11 is 0. The topological polar surface area (TPSA) is 52.6 Å². The van der Waals surface area contributed by atoms with Crippen LogP contribution in [0.1, 0.15) is 18.0 Å². The second kappa shape index (κ2) is 5.13. The smallest absolute Gasteiger partial charge is 0.307 e. The number of halogens is 2. The van der Waals surface area contributed by atoms with Crippen molar-refractivity contribution in [1.29, 1.82) is 0 Å². The Morgan fingerprint density at radius 3 is 2.53 bits per heavy atom. The summed E-state index contributed by atoms with van der Waals surface area (Å²) < 4.78 is 27.8. The molecule has 4 nitrogen and oxygen atoms in total. The molecule has 0 saturated carbocycles. The van der Waals surface area contributed by atoms with E-state index in [1.54, 1.807) is 14.1 Å². The number of hydrogen-bond acceptors (Lipinski definition) is 3. The first-order chi connectivity index (χ1) is 8.91. The van der Waals surface area contributed by atoms with Crippen LogP contribution in [0, 0.1) is 17.6 Å². The lowest BCUT2D eigenvalue weighted by Crippen LogP contribution is -2.21. The van der Waals surface area contributed by atoms with Crippen LogP contribution in [0.2, 0.25) is 0 Å². The third-order valence-corrected chi connectivity index (χ3v) is 3.39. The third-order valence-electron chi connectivity index (χ3n) is 3.39. The summed E-state index contributed by atoms with van der Waals surface area (Å²) in [6, 6.07) is 1.68. The molecule has 0 radical (unpaired) electrons. The normalized spacial score (nSPS) is 22.5. The van der Waals surface area contributed by atoms with Crippen LogP contribution in [0.5, 0.6) is 0 Å². The Morgan fingerprint density at radius 2 is 2.00 bits per heavy atom. The van der Waals surface area contributed by atoms with Crippen LogP contribution in [0.3, 0.4) is 0 Å². The van der Waals surface area contributed by atoms with E-state index in [9.17, 15) is 13.6 Å². The van der Waals surface area contributed by atoms with Gasteiger partial charge in [0, 0.05) is 32.2 Å². The number of anilines is 1. The molecule has 0 bridgehead atoms. The molecule has 0 spiro atoms. The first-order valence-corrected chi connectivity index (χ1v) is 6.03. The zero-order valence-corrected chi connectivity index (χ0v) is 10.8. The molecule has 0 aliphatic carbocycles. The number of nitrogens with one attached hydrogen (secondary N) is 1. The summed E-state index contributed by atoms with van der Waals surface area (Å²) in [7, 11) is 3.26. The molecule has 0 amide bonds. The van der Waals surface area contributed by atoms with Gasteiger partial charge in [-0.05, 0) is 18.6 Å². The highest BCUT2D eigenvalue weighted by Crippen LogP contribution is 2.36.